The van der Waals surface area contributed by atoms with Gasteiger partial charge in [0.05, 0.1) is 0 Å². The van der Waals surface area contributed by atoms with E-state index < -0.39 is 0 Å². The molecule has 0 aromatic rings. The summed E-state index contributed by atoms with van der Waals surface area (Å²) in [7, 11) is 1.36. The quantitative estimate of drug-likeness (QED) is 0.296. The van der Waals surface area contributed by atoms with Crippen molar-refractivity contribution in [3.8, 4) is 0 Å². The predicted octanol–water partition coefficient (Wildman–Crippen LogP) is 2.80. The van der Waals surface area contributed by atoms with Gasteiger partial charge in [0.15, 0.2) is 0 Å². The van der Waals surface area contributed by atoms with Crippen molar-refractivity contribution in [2.24, 2.45) is 0 Å². The Labute approximate surface area is 91.0 Å². The highest BCUT2D eigenvalue weighted by molar-refractivity contribution is 6.17. The van der Waals surface area contributed by atoms with Gasteiger partial charge in [-0.2, -0.15) is 0 Å². The van der Waals surface area contributed by atoms with Crippen LogP contribution in [0.4, 0.5) is 0 Å². The minimum atomic E-state index is -0.203. The van der Waals surface area contributed by atoms with Gasteiger partial charge in [-0.15, -0.1) is 11.6 Å². The molecule has 0 saturated heterocycles. The van der Waals surface area contributed by atoms with Crippen LogP contribution in [-0.2, 0) is 4.79 Å². The van der Waals surface area contributed by atoms with Crippen molar-refractivity contribution in [1.29, 1.82) is 0 Å². The third kappa shape index (κ3) is 8.32. The predicted molar refractivity (Wildman–Crippen MR) is 57.6 cm³/mol. The van der Waals surface area contributed by atoms with Crippen molar-refractivity contribution in [3.63, 3.8) is 0 Å². The van der Waals surface area contributed by atoms with E-state index in [9.17, 15) is 4.79 Å². The molecule has 0 heterocycles. The van der Waals surface area contributed by atoms with Gasteiger partial charge in [0.1, 0.15) is 0 Å². The van der Waals surface area contributed by atoms with Gasteiger partial charge in [0.25, 0.3) is 0 Å². The first-order valence-electron chi connectivity index (χ1n) is 5.20. The number of hydrogen-bond acceptors (Lipinski definition) is 2. The van der Waals surface area contributed by atoms with Crippen LogP contribution in [-0.4, -0.2) is 29.1 Å². The van der Waals surface area contributed by atoms with Gasteiger partial charge >= 0.3 is 0 Å². The smallest absolute Gasteiger partial charge is 0.245 e. The second-order valence-electron chi connectivity index (χ2n) is 3.48. The summed E-state index contributed by atoms with van der Waals surface area (Å²) in [5.41, 5.74) is 0. The summed E-state index contributed by atoms with van der Waals surface area (Å²) in [4.78, 5) is 10.9. The number of carbonyl (C=O) groups is 1. The maximum atomic E-state index is 10.9. The molecule has 0 aliphatic rings. The number of alkyl halides is 1. The fourth-order valence-electron chi connectivity index (χ4n) is 1.24. The third-order valence-electron chi connectivity index (χ3n) is 2.14. The van der Waals surface area contributed by atoms with E-state index in [4.69, 9.17) is 16.8 Å². The van der Waals surface area contributed by atoms with E-state index in [-0.39, 0.29) is 5.91 Å². The van der Waals surface area contributed by atoms with Crippen molar-refractivity contribution >= 4 is 17.5 Å². The number of hydroxylamine groups is 2. The van der Waals surface area contributed by atoms with E-state index >= 15 is 0 Å². The molecule has 1 amide bonds. The zero-order valence-electron chi connectivity index (χ0n) is 8.84. The molecule has 3 nitrogen and oxygen atoms in total. The Balaban J connectivity index is 3.10. The molecule has 84 valence electrons. The van der Waals surface area contributed by atoms with Crippen LogP contribution in [0.25, 0.3) is 0 Å². The molecule has 1 N–H and O–H groups in total. The van der Waals surface area contributed by atoms with Gasteiger partial charge in [-0.1, -0.05) is 25.7 Å². The lowest BCUT2D eigenvalue weighted by Crippen LogP contribution is -2.21. The highest BCUT2D eigenvalue weighted by Gasteiger charge is 2.03. The molecule has 0 unspecified atom stereocenters. The van der Waals surface area contributed by atoms with E-state index in [1.54, 1.807) is 0 Å². The van der Waals surface area contributed by atoms with Crippen LogP contribution in [0.3, 0.4) is 0 Å². The molecule has 0 aliphatic carbocycles. The van der Waals surface area contributed by atoms with E-state index in [0.29, 0.717) is 11.5 Å². The van der Waals surface area contributed by atoms with Crippen LogP contribution in [0.15, 0.2) is 0 Å². The molecule has 0 spiro atoms. The van der Waals surface area contributed by atoms with Crippen LogP contribution in [0, 0.1) is 0 Å². The van der Waals surface area contributed by atoms with Gasteiger partial charge in [-0.05, 0) is 12.8 Å². The molecule has 14 heavy (non-hydrogen) atoms. The minimum absolute atomic E-state index is 0.203. The van der Waals surface area contributed by atoms with Gasteiger partial charge in [0.2, 0.25) is 5.91 Å². The number of carbonyl (C=O) groups excluding carboxylic acids is 1. The van der Waals surface area contributed by atoms with Crippen LogP contribution >= 0.6 is 11.6 Å². The largest absolute Gasteiger partial charge is 0.286 e. The molecule has 0 saturated carbocycles. The average Bonchev–Trinajstić information content (AvgIpc) is 2.16. The van der Waals surface area contributed by atoms with Crippen molar-refractivity contribution in [2.75, 3.05) is 12.9 Å². The van der Waals surface area contributed by atoms with Gasteiger partial charge < -0.3 is 0 Å². The Hall–Kier alpha value is -0.280. The molecule has 0 atom stereocenters. The topological polar surface area (TPSA) is 40.5 Å². The van der Waals surface area contributed by atoms with E-state index in [1.165, 1.54) is 19.9 Å². The number of unbranched alkanes of at least 4 members (excludes halogenated alkanes) is 5. The van der Waals surface area contributed by atoms with Gasteiger partial charge in [-0.3, -0.25) is 10.0 Å². The Kier molecular flexibility index (Phi) is 9.10. The summed E-state index contributed by atoms with van der Waals surface area (Å²) in [5.74, 6) is 0.541. The first-order valence-corrected chi connectivity index (χ1v) is 5.73. The fraction of sp³-hybridized carbons (Fsp3) is 0.900. The van der Waals surface area contributed by atoms with E-state index in [1.807, 2.05) is 0 Å². The second-order valence-corrected chi connectivity index (χ2v) is 3.86. The molecular weight excluding hydrogens is 202 g/mol. The molecular formula is C10H20ClNO2. The van der Waals surface area contributed by atoms with Crippen LogP contribution in [0.2, 0.25) is 0 Å². The number of hydrogen-bond donors (Lipinski definition) is 1. The van der Waals surface area contributed by atoms with Crippen molar-refractivity contribution < 1.29 is 10.0 Å². The van der Waals surface area contributed by atoms with Crippen LogP contribution in [0.5, 0.6) is 0 Å². The molecule has 0 bridgehead atoms. The van der Waals surface area contributed by atoms with Crippen molar-refractivity contribution in [1.82, 2.24) is 5.06 Å². The first-order chi connectivity index (χ1) is 6.68. The highest BCUT2D eigenvalue weighted by Crippen LogP contribution is 2.08. The number of amides is 1. The molecule has 0 aromatic heterocycles. The molecule has 0 aromatic carbocycles. The van der Waals surface area contributed by atoms with Crippen molar-refractivity contribution in [3.05, 3.63) is 0 Å². The maximum absolute atomic E-state index is 10.9. The summed E-state index contributed by atoms with van der Waals surface area (Å²) in [6.45, 7) is 0. The average molecular weight is 222 g/mol. The van der Waals surface area contributed by atoms with E-state index in [2.05, 4.69) is 0 Å². The number of rotatable bonds is 8. The normalized spacial score (nSPS) is 10.2. The lowest BCUT2D eigenvalue weighted by Gasteiger charge is -2.07. The Morgan fingerprint density at radius 1 is 1.14 bits per heavy atom. The lowest BCUT2D eigenvalue weighted by atomic mass is 10.1. The Bertz CT molecular complexity index is 151. The molecule has 0 radical (unpaired) electrons. The van der Waals surface area contributed by atoms with Gasteiger partial charge in [-0.25, -0.2) is 5.06 Å². The zero-order chi connectivity index (χ0) is 10.8. The zero-order valence-corrected chi connectivity index (χ0v) is 9.59. The van der Waals surface area contributed by atoms with Crippen LogP contribution < -0.4 is 0 Å². The monoisotopic (exact) mass is 221 g/mol. The molecule has 0 aliphatic heterocycles. The van der Waals surface area contributed by atoms with E-state index in [0.717, 1.165) is 31.6 Å². The summed E-state index contributed by atoms with van der Waals surface area (Å²) in [6, 6.07) is 0. The molecule has 4 heteroatoms. The second kappa shape index (κ2) is 9.28. The molecule has 0 fully saturated rings. The standard InChI is InChI=1S/C10H20ClNO2/c1-12(14)10(13)8-6-4-2-3-5-7-9-11/h14H,2-9H2,1H3. The lowest BCUT2D eigenvalue weighted by molar-refractivity contribution is -0.159. The summed E-state index contributed by atoms with van der Waals surface area (Å²) < 4.78 is 0. The number of halogens is 1. The summed E-state index contributed by atoms with van der Waals surface area (Å²) in [6.07, 6.45) is 6.97. The first kappa shape index (κ1) is 13.7. The van der Waals surface area contributed by atoms with Gasteiger partial charge in [0, 0.05) is 19.3 Å². The van der Waals surface area contributed by atoms with Crippen molar-refractivity contribution in [2.45, 2.75) is 44.9 Å². The third-order valence-corrected chi connectivity index (χ3v) is 2.40. The summed E-state index contributed by atoms with van der Waals surface area (Å²) in [5, 5.41) is 9.42. The number of nitrogens with zero attached hydrogens (tertiary/aromatic N) is 1. The molecule has 0 rings (SSSR count). The Morgan fingerprint density at radius 2 is 1.64 bits per heavy atom. The summed E-state index contributed by atoms with van der Waals surface area (Å²) >= 11 is 5.54. The highest BCUT2D eigenvalue weighted by atomic mass is 35.5. The minimum Gasteiger partial charge on any atom is -0.286 e. The van der Waals surface area contributed by atoms with Crippen LogP contribution in [0.1, 0.15) is 44.9 Å². The SMILES string of the molecule is CN(O)C(=O)CCCCCCCCCl. The Morgan fingerprint density at radius 3 is 2.14 bits per heavy atom. The fourth-order valence-corrected chi connectivity index (χ4v) is 1.43. The maximum Gasteiger partial charge on any atom is 0.245 e.